The smallest absolute Gasteiger partial charge is 0.259 e. The third kappa shape index (κ3) is 6.17. The number of hydrogen-bond donors (Lipinski definition) is 0. The van der Waals surface area contributed by atoms with Crippen LogP contribution in [0.2, 0.25) is 0 Å². The van der Waals surface area contributed by atoms with Crippen LogP contribution in [0.5, 0.6) is 11.5 Å². The fourth-order valence-corrected chi connectivity index (χ4v) is 2.85. The van der Waals surface area contributed by atoms with E-state index < -0.39 is 12.6 Å². The van der Waals surface area contributed by atoms with Crippen LogP contribution in [0.1, 0.15) is 23.7 Å². The van der Waals surface area contributed by atoms with Crippen LogP contribution >= 0.6 is 0 Å². The Bertz CT molecular complexity index is 926. The summed E-state index contributed by atoms with van der Waals surface area (Å²) in [5.74, 6) is 1.28. The van der Waals surface area contributed by atoms with Crippen LogP contribution in [0.15, 0.2) is 121 Å². The topological polar surface area (TPSA) is 46.2 Å². The zero-order valence-corrected chi connectivity index (χ0v) is 16.7. The molecule has 31 heavy (non-hydrogen) atoms. The molecule has 0 aromatic heterocycles. The molecule has 156 valence electrons. The van der Waals surface area contributed by atoms with Gasteiger partial charge in [0.1, 0.15) is 11.5 Å². The van der Waals surface area contributed by atoms with Gasteiger partial charge in [0.25, 0.3) is 12.6 Å². The zero-order chi connectivity index (χ0) is 21.1. The van der Waals surface area contributed by atoms with E-state index in [0.717, 1.165) is 11.1 Å². The molecular weight excluding hydrogens is 392 g/mol. The molecule has 5 heteroatoms. The lowest BCUT2D eigenvalue weighted by atomic mass is 10.2. The van der Waals surface area contributed by atoms with Crippen molar-refractivity contribution in [1.82, 2.24) is 0 Å². The molecule has 2 atom stereocenters. The fourth-order valence-electron chi connectivity index (χ4n) is 2.85. The van der Waals surface area contributed by atoms with Crippen LogP contribution in [0.3, 0.4) is 0 Å². The molecular formula is C26H22O5. The molecule has 0 bridgehead atoms. The Kier molecular flexibility index (Phi) is 7.28. The number of ether oxygens (including phenoxy) is 2. The highest BCUT2D eigenvalue weighted by atomic mass is 17.5. The van der Waals surface area contributed by atoms with Gasteiger partial charge in [0.15, 0.2) is 0 Å². The van der Waals surface area contributed by atoms with Crippen molar-refractivity contribution in [3.63, 3.8) is 0 Å². The van der Waals surface area contributed by atoms with Crippen LogP contribution in [0.25, 0.3) is 0 Å². The minimum atomic E-state index is -0.836. The summed E-state index contributed by atoms with van der Waals surface area (Å²) in [5.41, 5.74) is 1.55. The van der Waals surface area contributed by atoms with Crippen LogP contribution < -0.4 is 9.47 Å². The summed E-state index contributed by atoms with van der Waals surface area (Å²) < 4.78 is 11.9. The van der Waals surface area contributed by atoms with E-state index in [0.29, 0.717) is 11.5 Å². The van der Waals surface area contributed by atoms with Crippen molar-refractivity contribution in [3.8, 4) is 11.5 Å². The van der Waals surface area contributed by atoms with Gasteiger partial charge in [-0.15, -0.1) is 0 Å². The van der Waals surface area contributed by atoms with Gasteiger partial charge in [0.05, 0.1) is 0 Å². The van der Waals surface area contributed by atoms with E-state index in [1.54, 1.807) is 0 Å². The molecule has 0 saturated heterocycles. The van der Waals surface area contributed by atoms with Crippen molar-refractivity contribution in [1.29, 1.82) is 0 Å². The van der Waals surface area contributed by atoms with Crippen molar-refractivity contribution in [2.24, 2.45) is 0 Å². The quantitative estimate of drug-likeness (QED) is 0.170. The highest BCUT2D eigenvalue weighted by Gasteiger charge is 2.20. The van der Waals surface area contributed by atoms with Crippen molar-refractivity contribution in [3.05, 3.63) is 132 Å². The second-order valence-corrected chi connectivity index (χ2v) is 6.61. The number of rotatable bonds is 10. The third-order valence-electron chi connectivity index (χ3n) is 4.37. The monoisotopic (exact) mass is 414 g/mol. The Morgan fingerprint density at radius 1 is 0.387 bits per heavy atom. The lowest BCUT2D eigenvalue weighted by molar-refractivity contribution is -0.571. The van der Waals surface area contributed by atoms with E-state index in [9.17, 15) is 0 Å². The van der Waals surface area contributed by atoms with Gasteiger partial charge in [-0.1, -0.05) is 102 Å². The van der Waals surface area contributed by atoms with Crippen LogP contribution in [0.4, 0.5) is 0 Å². The van der Waals surface area contributed by atoms with Gasteiger partial charge in [-0.05, 0) is 24.3 Å². The third-order valence-corrected chi connectivity index (χ3v) is 4.37. The lowest BCUT2D eigenvalue weighted by Gasteiger charge is -2.21. The highest BCUT2D eigenvalue weighted by molar-refractivity contribution is 5.24. The Labute approximate surface area is 181 Å². The van der Waals surface area contributed by atoms with Gasteiger partial charge in [-0.2, -0.15) is 9.78 Å². The number of para-hydroxylation sites is 2. The second-order valence-electron chi connectivity index (χ2n) is 6.61. The molecule has 0 radical (unpaired) electrons. The van der Waals surface area contributed by atoms with Gasteiger partial charge in [-0.3, -0.25) is 0 Å². The van der Waals surface area contributed by atoms with E-state index in [1.165, 1.54) is 0 Å². The summed E-state index contributed by atoms with van der Waals surface area (Å²) in [6.07, 6.45) is -1.67. The summed E-state index contributed by atoms with van der Waals surface area (Å²) >= 11 is 0. The number of benzene rings is 4. The fraction of sp³-hybridized carbons (Fsp3) is 0.0769. The second kappa shape index (κ2) is 10.9. The molecule has 0 saturated carbocycles. The van der Waals surface area contributed by atoms with Crippen LogP contribution in [-0.2, 0) is 14.8 Å². The molecule has 0 amide bonds. The average molecular weight is 414 g/mol. The van der Waals surface area contributed by atoms with Crippen molar-refractivity contribution in [2.75, 3.05) is 0 Å². The molecule has 0 aliphatic carbocycles. The molecule has 0 heterocycles. The van der Waals surface area contributed by atoms with Gasteiger partial charge < -0.3 is 9.47 Å². The molecule has 2 unspecified atom stereocenters. The van der Waals surface area contributed by atoms with Crippen LogP contribution in [-0.4, -0.2) is 0 Å². The van der Waals surface area contributed by atoms with Gasteiger partial charge >= 0.3 is 0 Å². The molecule has 0 N–H and O–H groups in total. The highest BCUT2D eigenvalue weighted by Crippen LogP contribution is 2.26. The SMILES string of the molecule is c1ccc(OC(OOOC(Oc2ccccc2)c2ccccc2)c2ccccc2)cc1. The molecule has 0 aliphatic rings. The predicted octanol–water partition coefficient (Wildman–Crippen LogP) is 6.42. The van der Waals surface area contributed by atoms with E-state index in [-0.39, 0.29) is 0 Å². The maximum atomic E-state index is 5.94. The summed E-state index contributed by atoms with van der Waals surface area (Å²) in [5, 5.41) is 5.16. The molecule has 0 fully saturated rings. The normalized spacial score (nSPS) is 12.6. The van der Waals surface area contributed by atoms with E-state index in [1.807, 2.05) is 121 Å². The zero-order valence-electron chi connectivity index (χ0n) is 16.7. The first kappa shape index (κ1) is 20.6. The number of hydrogen-bond acceptors (Lipinski definition) is 5. The standard InChI is InChI=1S/C26H22O5/c1-5-13-21(14-6-1)25(27-23-17-9-3-10-18-23)29-31-30-26(22-15-7-2-8-16-22)28-24-19-11-4-12-20-24/h1-20,25-26H. The summed E-state index contributed by atoms with van der Waals surface area (Å²) in [4.78, 5) is 11.0. The molecule has 5 nitrogen and oxygen atoms in total. The summed E-state index contributed by atoms with van der Waals surface area (Å²) in [7, 11) is 0. The first-order valence-corrected chi connectivity index (χ1v) is 9.90. The van der Waals surface area contributed by atoms with Gasteiger partial charge in [0, 0.05) is 11.1 Å². The van der Waals surface area contributed by atoms with Gasteiger partial charge in [-0.25, -0.2) is 0 Å². The Morgan fingerprint density at radius 2 is 0.710 bits per heavy atom. The average Bonchev–Trinajstić information content (AvgIpc) is 2.85. The summed E-state index contributed by atoms with van der Waals surface area (Å²) in [6, 6.07) is 37.6. The molecule has 0 aliphatic heterocycles. The Hall–Kier alpha value is -3.64. The lowest BCUT2D eigenvalue weighted by Crippen LogP contribution is -2.17. The van der Waals surface area contributed by atoms with E-state index in [4.69, 9.17) is 24.3 Å². The van der Waals surface area contributed by atoms with Crippen molar-refractivity contribution in [2.45, 2.75) is 12.6 Å². The maximum Gasteiger partial charge on any atom is 0.259 e. The first-order valence-electron chi connectivity index (χ1n) is 9.90. The molecule has 4 aromatic carbocycles. The maximum absolute atomic E-state index is 5.94. The first-order chi connectivity index (χ1) is 15.4. The summed E-state index contributed by atoms with van der Waals surface area (Å²) in [6.45, 7) is 0. The van der Waals surface area contributed by atoms with E-state index >= 15 is 0 Å². The largest absolute Gasteiger partial charge is 0.458 e. The molecule has 4 rings (SSSR count). The van der Waals surface area contributed by atoms with Gasteiger partial charge in [0.2, 0.25) is 0 Å². The Morgan fingerprint density at radius 3 is 1.06 bits per heavy atom. The Balaban J connectivity index is 1.45. The molecule has 0 spiro atoms. The molecule has 4 aromatic rings. The van der Waals surface area contributed by atoms with Crippen molar-refractivity contribution < 1.29 is 24.3 Å². The predicted molar refractivity (Wildman–Crippen MR) is 116 cm³/mol. The minimum Gasteiger partial charge on any atom is -0.458 e. The minimum absolute atomic E-state index is 0.639. The van der Waals surface area contributed by atoms with Crippen LogP contribution in [0, 0.1) is 0 Å². The van der Waals surface area contributed by atoms with E-state index in [2.05, 4.69) is 0 Å². The van der Waals surface area contributed by atoms with Crippen molar-refractivity contribution >= 4 is 0 Å².